The molecule has 0 atom stereocenters. The highest BCUT2D eigenvalue weighted by Crippen LogP contribution is 2.34. The van der Waals surface area contributed by atoms with Gasteiger partial charge in [0.05, 0.1) is 22.7 Å². The molecule has 3 rings (SSSR count). The first-order chi connectivity index (χ1) is 15.5. The fourth-order valence-electron chi connectivity index (χ4n) is 2.82. The molecule has 1 aliphatic heterocycles. The van der Waals surface area contributed by atoms with Crippen molar-refractivity contribution in [1.29, 1.82) is 0 Å². The van der Waals surface area contributed by atoms with Gasteiger partial charge in [-0.15, -0.1) is 0 Å². The second kappa shape index (κ2) is 12.1. The largest absolute Gasteiger partial charge is 0.480 e. The topological polar surface area (TPSA) is 97.2 Å². The Morgan fingerprint density at radius 3 is 2.75 bits per heavy atom. The number of benzene rings is 1. The number of nitrogens with two attached hydrogens (primary N) is 1. The van der Waals surface area contributed by atoms with Crippen LogP contribution in [0.25, 0.3) is 5.57 Å². The van der Waals surface area contributed by atoms with Gasteiger partial charge in [0.1, 0.15) is 0 Å². The molecule has 32 heavy (non-hydrogen) atoms. The van der Waals surface area contributed by atoms with E-state index in [9.17, 15) is 0 Å². The Labute approximate surface area is 196 Å². The van der Waals surface area contributed by atoms with E-state index >= 15 is 4.39 Å². The van der Waals surface area contributed by atoms with Gasteiger partial charge in [0.2, 0.25) is 5.88 Å². The smallest absolute Gasteiger partial charge is 0.228 e. The Kier molecular flexibility index (Phi) is 9.58. The number of rotatable bonds is 6. The number of nitrogens with one attached hydrogen (secondary N) is 1. The normalized spacial score (nSPS) is 15.5. The lowest BCUT2D eigenvalue weighted by Crippen LogP contribution is -2.12. The summed E-state index contributed by atoms with van der Waals surface area (Å²) < 4.78 is 23.6. The number of anilines is 1. The lowest BCUT2D eigenvalue weighted by atomic mass is 9.95. The van der Waals surface area contributed by atoms with Gasteiger partial charge in [0.25, 0.3) is 0 Å². The number of aliphatic imine (C=N–C) groups is 3. The number of hydrogen-bond donors (Lipinski definition) is 2. The van der Waals surface area contributed by atoms with E-state index in [-0.39, 0.29) is 0 Å². The van der Waals surface area contributed by atoms with Gasteiger partial charge in [-0.05, 0) is 50.8 Å². The van der Waals surface area contributed by atoms with Crippen LogP contribution in [0.4, 0.5) is 10.1 Å². The Bertz CT molecular complexity index is 1110. The van der Waals surface area contributed by atoms with Gasteiger partial charge in [-0.2, -0.15) is 0 Å². The molecule has 0 unspecified atom stereocenters. The van der Waals surface area contributed by atoms with E-state index in [1.807, 2.05) is 6.92 Å². The summed E-state index contributed by atoms with van der Waals surface area (Å²) in [4.78, 5) is 17.1. The predicted molar refractivity (Wildman–Crippen MR) is 134 cm³/mol. The summed E-state index contributed by atoms with van der Waals surface area (Å²) in [7, 11) is 4.65. The van der Waals surface area contributed by atoms with Crippen LogP contribution in [0.5, 0.6) is 5.88 Å². The highest BCUT2D eigenvalue weighted by atomic mass is 35.5. The van der Waals surface area contributed by atoms with Crippen LogP contribution in [0, 0.1) is 5.82 Å². The van der Waals surface area contributed by atoms with Crippen molar-refractivity contribution in [3.8, 4) is 5.88 Å². The maximum atomic E-state index is 15.4. The van der Waals surface area contributed by atoms with Crippen LogP contribution in [-0.4, -0.2) is 44.5 Å². The molecule has 0 fully saturated rings. The number of nitrogens with zero attached hydrogens (tertiary/aromatic N) is 4. The molecule has 1 aromatic carbocycles. The number of halogens is 2. The number of hydrogen-bond acceptors (Lipinski definition) is 7. The van der Waals surface area contributed by atoms with Gasteiger partial charge in [0, 0.05) is 41.9 Å². The summed E-state index contributed by atoms with van der Waals surface area (Å²) in [6, 6.07) is 6.80. The summed E-state index contributed by atoms with van der Waals surface area (Å²) in [5.74, 6) is 0.501. The van der Waals surface area contributed by atoms with Gasteiger partial charge in [-0.3, -0.25) is 9.98 Å². The van der Waals surface area contributed by atoms with E-state index in [2.05, 4.69) is 37.1 Å². The van der Waals surface area contributed by atoms with Crippen LogP contribution >= 0.6 is 23.5 Å². The second-order valence-electron chi connectivity index (χ2n) is 6.10. The average Bonchev–Trinajstić information content (AvgIpc) is 2.81. The minimum absolute atomic E-state index is 0.301. The van der Waals surface area contributed by atoms with Gasteiger partial charge in [-0.25, -0.2) is 14.4 Å². The first-order valence-electron chi connectivity index (χ1n) is 9.38. The first kappa shape index (κ1) is 25.3. The van der Waals surface area contributed by atoms with Crippen molar-refractivity contribution < 1.29 is 9.13 Å². The highest BCUT2D eigenvalue weighted by molar-refractivity contribution is 8.00. The fraction of sp³-hybridized carbons (Fsp3) is 0.182. The third-order valence-corrected chi connectivity index (χ3v) is 5.24. The van der Waals surface area contributed by atoms with Gasteiger partial charge in [-0.1, -0.05) is 23.7 Å². The van der Waals surface area contributed by atoms with E-state index in [0.717, 1.165) is 11.9 Å². The SMILES string of the molecule is C=N/C=C1/C=C(c2cccc(NSc3cc(Cl)cnc3OC)c2F)C(C)=NC1=NC.CN. The van der Waals surface area contributed by atoms with Crippen LogP contribution in [0.1, 0.15) is 12.5 Å². The van der Waals surface area contributed by atoms with Crippen LogP contribution in [-0.2, 0) is 0 Å². The van der Waals surface area contributed by atoms with Crippen molar-refractivity contribution in [2.24, 2.45) is 20.7 Å². The maximum absolute atomic E-state index is 15.4. The Hall–Kier alpha value is -3.01. The van der Waals surface area contributed by atoms with Crippen molar-refractivity contribution in [2.75, 3.05) is 25.9 Å². The number of pyridine rings is 1. The van der Waals surface area contributed by atoms with E-state index in [0.29, 0.717) is 49.7 Å². The minimum Gasteiger partial charge on any atom is -0.480 e. The van der Waals surface area contributed by atoms with Crippen molar-refractivity contribution in [1.82, 2.24) is 4.98 Å². The van der Waals surface area contributed by atoms with Crippen molar-refractivity contribution >= 4 is 53.1 Å². The average molecular weight is 475 g/mol. The minimum atomic E-state index is -0.414. The zero-order chi connectivity index (χ0) is 23.7. The van der Waals surface area contributed by atoms with Gasteiger partial charge in [0.15, 0.2) is 11.7 Å². The second-order valence-corrected chi connectivity index (χ2v) is 7.39. The standard InChI is InChI=1S/C21H19ClFN5OS.CH5N/c1-12-16(8-13(10-24-2)20(25-3)27-12)15-6-5-7-17(19(15)23)28-30-18-9-14(22)11-26-21(18)29-4;1-2/h5-11,28H,2H2,1,3-4H3;2H2,1H3/b13-10-,25-20?;. The molecule has 2 heterocycles. The molecular formula is C22H24ClFN6OS. The summed E-state index contributed by atoms with van der Waals surface area (Å²) in [5, 5.41) is 0.456. The number of methoxy groups -OCH3 is 1. The van der Waals surface area contributed by atoms with Crippen LogP contribution in [0.2, 0.25) is 5.02 Å². The van der Waals surface area contributed by atoms with Crippen molar-refractivity contribution in [2.45, 2.75) is 11.8 Å². The fourth-order valence-corrected chi connectivity index (χ4v) is 3.83. The molecule has 0 saturated carbocycles. The zero-order valence-electron chi connectivity index (χ0n) is 18.2. The van der Waals surface area contributed by atoms with E-state index < -0.39 is 5.82 Å². The third kappa shape index (κ3) is 5.82. The van der Waals surface area contributed by atoms with E-state index in [1.165, 1.54) is 20.4 Å². The number of amidine groups is 1. The van der Waals surface area contributed by atoms with E-state index in [1.54, 1.807) is 43.6 Å². The predicted octanol–water partition coefficient (Wildman–Crippen LogP) is 5.05. The Morgan fingerprint density at radius 1 is 1.34 bits per heavy atom. The lowest BCUT2D eigenvalue weighted by molar-refractivity contribution is 0.387. The van der Waals surface area contributed by atoms with E-state index in [4.69, 9.17) is 16.3 Å². The van der Waals surface area contributed by atoms with Crippen molar-refractivity contribution in [3.05, 3.63) is 64.7 Å². The molecule has 0 radical (unpaired) electrons. The molecule has 0 spiro atoms. The first-order valence-corrected chi connectivity index (χ1v) is 10.6. The van der Waals surface area contributed by atoms with Gasteiger partial charge >= 0.3 is 0 Å². The van der Waals surface area contributed by atoms with Gasteiger partial charge < -0.3 is 15.2 Å². The molecule has 0 aliphatic carbocycles. The molecule has 2 aromatic rings. The molecule has 0 bridgehead atoms. The molecule has 1 aromatic heterocycles. The number of ether oxygens (including phenoxy) is 1. The summed E-state index contributed by atoms with van der Waals surface area (Å²) >= 11 is 7.17. The molecular weight excluding hydrogens is 451 g/mol. The number of aromatic nitrogens is 1. The molecule has 168 valence electrons. The quantitative estimate of drug-likeness (QED) is 0.451. The van der Waals surface area contributed by atoms with Crippen LogP contribution in [0.15, 0.2) is 68.2 Å². The summed E-state index contributed by atoms with van der Waals surface area (Å²) in [6.07, 6.45) is 4.84. The summed E-state index contributed by atoms with van der Waals surface area (Å²) in [5.41, 5.74) is 7.17. The molecule has 7 nitrogen and oxygen atoms in total. The van der Waals surface area contributed by atoms with Crippen LogP contribution < -0.4 is 15.2 Å². The maximum Gasteiger partial charge on any atom is 0.228 e. The lowest BCUT2D eigenvalue weighted by Gasteiger charge is -2.17. The monoisotopic (exact) mass is 474 g/mol. The zero-order valence-corrected chi connectivity index (χ0v) is 19.8. The molecule has 3 N–H and O–H groups in total. The third-order valence-electron chi connectivity index (χ3n) is 4.20. The Balaban J connectivity index is 0.00000176. The molecule has 0 saturated heterocycles. The highest BCUT2D eigenvalue weighted by Gasteiger charge is 2.20. The Morgan fingerprint density at radius 2 is 2.09 bits per heavy atom. The molecule has 0 amide bonds. The summed E-state index contributed by atoms with van der Waals surface area (Å²) in [6.45, 7) is 5.29. The van der Waals surface area contributed by atoms with Crippen molar-refractivity contribution in [3.63, 3.8) is 0 Å². The number of dihydropyridines is 1. The molecule has 1 aliphatic rings. The molecule has 10 heteroatoms. The van der Waals surface area contributed by atoms with Crippen LogP contribution in [0.3, 0.4) is 0 Å². The number of allylic oxidation sites excluding steroid dienone is 1.